The fourth-order valence-corrected chi connectivity index (χ4v) is 3.23. The number of benzene rings is 2. The van der Waals surface area contributed by atoms with Crippen LogP contribution in [0, 0.1) is 6.92 Å². The number of nitrogens with zero attached hydrogens (tertiary/aromatic N) is 2. The first kappa shape index (κ1) is 20.0. The molecule has 7 nitrogen and oxygen atoms in total. The minimum absolute atomic E-state index is 0.180. The van der Waals surface area contributed by atoms with Crippen LogP contribution in [0.4, 0.5) is 5.82 Å². The van der Waals surface area contributed by atoms with Gasteiger partial charge in [-0.05, 0) is 60.1 Å². The maximum Gasteiger partial charge on any atom is 0.257 e. The number of anilines is 1. The second-order valence-corrected chi connectivity index (χ2v) is 6.61. The number of hydrogen-bond donors (Lipinski definition) is 1. The molecule has 0 radical (unpaired) electrons. The quantitative estimate of drug-likeness (QED) is 0.601. The van der Waals surface area contributed by atoms with Crippen molar-refractivity contribution >= 4 is 34.9 Å². The highest BCUT2D eigenvalue weighted by atomic mass is 35.5. The summed E-state index contributed by atoms with van der Waals surface area (Å²) >= 11 is 12.3. The Morgan fingerprint density at radius 1 is 1.18 bits per heavy atom. The Balaban J connectivity index is 1.88. The fraction of sp³-hybridized carbons (Fsp3) is 0.211. The van der Waals surface area contributed by atoms with Crippen molar-refractivity contribution in [3.05, 3.63) is 51.5 Å². The monoisotopic (exact) mass is 421 g/mol. The van der Waals surface area contributed by atoms with Crippen molar-refractivity contribution in [2.75, 3.05) is 19.0 Å². The summed E-state index contributed by atoms with van der Waals surface area (Å²) in [6.07, 6.45) is 0. The molecule has 1 heterocycles. The molecule has 0 saturated carbocycles. The molecular formula is C19H17Cl2N3O4. The highest BCUT2D eigenvalue weighted by molar-refractivity contribution is 6.37. The van der Waals surface area contributed by atoms with Crippen LogP contribution in [0.25, 0.3) is 11.3 Å². The van der Waals surface area contributed by atoms with Crippen LogP contribution in [-0.2, 0) is 0 Å². The number of rotatable bonds is 6. The Hall–Kier alpha value is -2.77. The van der Waals surface area contributed by atoms with Gasteiger partial charge in [-0.2, -0.15) is 0 Å². The topological polar surface area (TPSA) is 86.5 Å². The normalized spacial score (nSPS) is 10.6. The van der Waals surface area contributed by atoms with E-state index in [9.17, 15) is 4.79 Å². The lowest BCUT2D eigenvalue weighted by molar-refractivity contribution is 0.102. The van der Waals surface area contributed by atoms with Crippen molar-refractivity contribution in [2.45, 2.75) is 13.8 Å². The highest BCUT2D eigenvalue weighted by Gasteiger charge is 2.20. The smallest absolute Gasteiger partial charge is 0.257 e. The van der Waals surface area contributed by atoms with E-state index >= 15 is 0 Å². The van der Waals surface area contributed by atoms with Gasteiger partial charge in [0.1, 0.15) is 5.75 Å². The Labute approximate surface area is 171 Å². The minimum Gasteiger partial charge on any atom is -0.497 e. The molecule has 0 fully saturated rings. The number of aromatic nitrogens is 2. The molecule has 1 aromatic heterocycles. The number of halogens is 2. The maximum atomic E-state index is 12.7. The average molecular weight is 422 g/mol. The first-order valence-electron chi connectivity index (χ1n) is 8.35. The number of methoxy groups -OCH3 is 1. The van der Waals surface area contributed by atoms with E-state index < -0.39 is 5.91 Å². The zero-order chi connectivity index (χ0) is 20.3. The van der Waals surface area contributed by atoms with Crippen molar-refractivity contribution in [1.29, 1.82) is 0 Å². The molecule has 0 bridgehead atoms. The lowest BCUT2D eigenvalue weighted by Crippen LogP contribution is -2.13. The van der Waals surface area contributed by atoms with E-state index in [0.29, 0.717) is 23.8 Å². The number of nitrogens with one attached hydrogen (secondary N) is 1. The second-order valence-electron chi connectivity index (χ2n) is 5.80. The Bertz CT molecular complexity index is 997. The van der Waals surface area contributed by atoms with Crippen LogP contribution in [-0.4, -0.2) is 29.9 Å². The summed E-state index contributed by atoms with van der Waals surface area (Å²) in [6.45, 7) is 4.11. The second kappa shape index (κ2) is 8.50. The molecule has 2 aromatic carbocycles. The lowest BCUT2D eigenvalue weighted by atomic mass is 10.1. The predicted molar refractivity (Wildman–Crippen MR) is 107 cm³/mol. The Morgan fingerprint density at radius 3 is 2.50 bits per heavy atom. The third kappa shape index (κ3) is 4.05. The van der Waals surface area contributed by atoms with Crippen molar-refractivity contribution in [3.8, 4) is 22.8 Å². The van der Waals surface area contributed by atoms with Gasteiger partial charge in [-0.25, -0.2) is 4.63 Å². The summed E-state index contributed by atoms with van der Waals surface area (Å²) in [4.78, 5) is 12.7. The largest absolute Gasteiger partial charge is 0.497 e. The third-order valence-electron chi connectivity index (χ3n) is 3.96. The van der Waals surface area contributed by atoms with E-state index in [1.54, 1.807) is 13.2 Å². The standard InChI is InChI=1S/C19H17Cl2N3O4/c1-4-27-17-14(20)8-11(9-15(17)21)19(25)22-18-16(23-28-24-18)13-6-5-12(26-3)7-10(13)2/h5-9H,4H2,1-3H3,(H,22,24,25). The van der Waals surface area contributed by atoms with Crippen LogP contribution in [0.1, 0.15) is 22.8 Å². The number of ether oxygens (including phenoxy) is 2. The highest BCUT2D eigenvalue weighted by Crippen LogP contribution is 2.35. The van der Waals surface area contributed by atoms with E-state index in [4.69, 9.17) is 37.3 Å². The zero-order valence-corrected chi connectivity index (χ0v) is 16.9. The molecule has 0 unspecified atom stereocenters. The number of aryl methyl sites for hydroxylation is 1. The summed E-state index contributed by atoms with van der Waals surface area (Å²) in [5.41, 5.74) is 2.29. The van der Waals surface area contributed by atoms with Gasteiger partial charge in [-0.3, -0.25) is 4.79 Å². The molecule has 0 saturated heterocycles. The Kier molecular flexibility index (Phi) is 6.06. The van der Waals surface area contributed by atoms with Crippen molar-refractivity contribution in [2.24, 2.45) is 0 Å². The first-order chi connectivity index (χ1) is 13.4. The summed E-state index contributed by atoms with van der Waals surface area (Å²) in [6, 6.07) is 8.39. The molecule has 146 valence electrons. The van der Waals surface area contributed by atoms with Gasteiger partial charge < -0.3 is 14.8 Å². The van der Waals surface area contributed by atoms with E-state index in [0.717, 1.165) is 11.1 Å². The van der Waals surface area contributed by atoms with Crippen molar-refractivity contribution in [3.63, 3.8) is 0 Å². The summed E-state index contributed by atoms with van der Waals surface area (Å²) in [5.74, 6) is 0.761. The predicted octanol–water partition coefficient (Wildman–Crippen LogP) is 5.01. The van der Waals surface area contributed by atoms with Gasteiger partial charge in [0, 0.05) is 11.1 Å². The number of carbonyl (C=O) groups is 1. The molecule has 1 N–H and O–H groups in total. The van der Waals surface area contributed by atoms with Crippen LogP contribution in [0.5, 0.6) is 11.5 Å². The van der Waals surface area contributed by atoms with Gasteiger partial charge in [0.15, 0.2) is 11.4 Å². The fourth-order valence-electron chi connectivity index (χ4n) is 2.63. The van der Waals surface area contributed by atoms with Crippen molar-refractivity contribution < 1.29 is 18.9 Å². The summed E-state index contributed by atoms with van der Waals surface area (Å²) in [5, 5.41) is 10.9. The van der Waals surface area contributed by atoms with Gasteiger partial charge in [0.05, 0.1) is 23.8 Å². The van der Waals surface area contributed by atoms with Crippen LogP contribution in [0.15, 0.2) is 35.0 Å². The van der Waals surface area contributed by atoms with E-state index in [1.165, 1.54) is 12.1 Å². The minimum atomic E-state index is -0.463. The molecule has 0 spiro atoms. The number of carbonyl (C=O) groups excluding carboxylic acids is 1. The van der Waals surface area contributed by atoms with Gasteiger partial charge in [-0.1, -0.05) is 23.2 Å². The summed E-state index contributed by atoms with van der Waals surface area (Å²) in [7, 11) is 1.59. The zero-order valence-electron chi connectivity index (χ0n) is 15.4. The molecule has 9 heteroatoms. The maximum absolute atomic E-state index is 12.7. The van der Waals surface area contributed by atoms with Crippen LogP contribution < -0.4 is 14.8 Å². The molecule has 0 aliphatic rings. The van der Waals surface area contributed by atoms with Gasteiger partial charge >= 0.3 is 0 Å². The van der Waals surface area contributed by atoms with Gasteiger partial charge in [0.2, 0.25) is 5.82 Å². The Morgan fingerprint density at radius 2 is 1.89 bits per heavy atom. The summed E-state index contributed by atoms with van der Waals surface area (Å²) < 4.78 is 15.4. The van der Waals surface area contributed by atoms with E-state index in [-0.39, 0.29) is 21.4 Å². The molecule has 1 amide bonds. The SMILES string of the molecule is CCOc1c(Cl)cc(C(=O)Nc2nonc2-c2ccc(OC)cc2C)cc1Cl. The van der Waals surface area contributed by atoms with Crippen LogP contribution >= 0.6 is 23.2 Å². The molecule has 0 aliphatic carbocycles. The van der Waals surface area contributed by atoms with Gasteiger partial charge in [0.25, 0.3) is 5.91 Å². The first-order valence-corrected chi connectivity index (χ1v) is 9.11. The average Bonchev–Trinajstić information content (AvgIpc) is 3.12. The van der Waals surface area contributed by atoms with Gasteiger partial charge in [-0.15, -0.1) is 0 Å². The van der Waals surface area contributed by atoms with Crippen LogP contribution in [0.2, 0.25) is 10.0 Å². The molecule has 3 rings (SSSR count). The molecule has 3 aromatic rings. The third-order valence-corrected chi connectivity index (χ3v) is 4.52. The molecule has 28 heavy (non-hydrogen) atoms. The molecular weight excluding hydrogens is 405 g/mol. The van der Waals surface area contributed by atoms with Crippen LogP contribution in [0.3, 0.4) is 0 Å². The molecule has 0 atom stereocenters. The number of amides is 1. The number of hydrogen-bond acceptors (Lipinski definition) is 6. The van der Waals surface area contributed by atoms with Crippen molar-refractivity contribution in [1.82, 2.24) is 10.3 Å². The molecule has 0 aliphatic heterocycles. The van der Waals surface area contributed by atoms with E-state index in [1.807, 2.05) is 26.0 Å². The van der Waals surface area contributed by atoms with E-state index in [2.05, 4.69) is 15.6 Å². The lowest BCUT2D eigenvalue weighted by Gasteiger charge is -2.10.